The van der Waals surface area contributed by atoms with E-state index in [4.69, 9.17) is 0 Å². The van der Waals surface area contributed by atoms with Gasteiger partial charge in [-0.05, 0) is 24.1 Å². The number of hydrogen-bond acceptors (Lipinski definition) is 6. The first kappa shape index (κ1) is 16.3. The summed E-state index contributed by atoms with van der Waals surface area (Å²) < 4.78 is 0. The molecule has 7 heteroatoms. The van der Waals surface area contributed by atoms with E-state index < -0.39 is 0 Å². The van der Waals surface area contributed by atoms with E-state index in [1.807, 2.05) is 18.3 Å². The first-order valence-corrected chi connectivity index (χ1v) is 8.16. The summed E-state index contributed by atoms with van der Waals surface area (Å²) in [6.45, 7) is 4.90. The van der Waals surface area contributed by atoms with Crippen LogP contribution in [0.5, 0.6) is 0 Å². The standard InChI is InChI=1S/C17H22N6O/c1-18-17(24)15-12-14(2-4-20-15)3-7-22-8-10-23(11-9-22)16-13-19-5-6-21-16/h2,4-6,12-13H,3,7-11H2,1H3,(H,18,24). The Morgan fingerprint density at radius 3 is 2.71 bits per heavy atom. The molecule has 1 aliphatic heterocycles. The van der Waals surface area contributed by atoms with Gasteiger partial charge >= 0.3 is 0 Å². The van der Waals surface area contributed by atoms with Gasteiger partial charge in [0.15, 0.2) is 0 Å². The van der Waals surface area contributed by atoms with Crippen LogP contribution in [0.1, 0.15) is 16.1 Å². The Balaban J connectivity index is 1.49. The molecule has 0 aromatic carbocycles. The highest BCUT2D eigenvalue weighted by molar-refractivity contribution is 5.92. The smallest absolute Gasteiger partial charge is 0.269 e. The van der Waals surface area contributed by atoms with Crippen LogP contribution in [0.2, 0.25) is 0 Å². The second kappa shape index (κ2) is 7.83. The van der Waals surface area contributed by atoms with Gasteiger partial charge in [-0.1, -0.05) is 0 Å². The maximum absolute atomic E-state index is 11.6. The zero-order valence-corrected chi connectivity index (χ0v) is 13.9. The van der Waals surface area contributed by atoms with Gasteiger partial charge in [0.05, 0.1) is 6.20 Å². The van der Waals surface area contributed by atoms with Gasteiger partial charge in [-0.15, -0.1) is 0 Å². The van der Waals surface area contributed by atoms with Crippen LogP contribution in [0, 0.1) is 0 Å². The number of aromatic nitrogens is 3. The molecule has 7 nitrogen and oxygen atoms in total. The van der Waals surface area contributed by atoms with Crippen LogP contribution in [0.25, 0.3) is 0 Å². The summed E-state index contributed by atoms with van der Waals surface area (Å²) in [5, 5.41) is 2.61. The fraction of sp³-hybridized carbons (Fsp3) is 0.412. The molecule has 1 N–H and O–H groups in total. The number of pyridine rings is 1. The predicted molar refractivity (Wildman–Crippen MR) is 92.0 cm³/mol. The average Bonchev–Trinajstić information content (AvgIpc) is 2.67. The third kappa shape index (κ3) is 4.05. The van der Waals surface area contributed by atoms with E-state index in [2.05, 4.69) is 30.1 Å². The van der Waals surface area contributed by atoms with Crippen molar-refractivity contribution in [2.45, 2.75) is 6.42 Å². The van der Waals surface area contributed by atoms with Crippen molar-refractivity contribution in [2.24, 2.45) is 0 Å². The van der Waals surface area contributed by atoms with Crippen molar-refractivity contribution in [3.05, 3.63) is 48.2 Å². The number of piperazine rings is 1. The number of anilines is 1. The van der Waals surface area contributed by atoms with Crippen LogP contribution in [0.4, 0.5) is 5.82 Å². The minimum atomic E-state index is -0.144. The molecule has 1 fully saturated rings. The Kier molecular flexibility index (Phi) is 5.32. The van der Waals surface area contributed by atoms with E-state index in [0.717, 1.165) is 50.5 Å². The molecule has 0 aliphatic carbocycles. The maximum atomic E-state index is 11.6. The molecule has 2 aromatic rings. The number of carbonyl (C=O) groups is 1. The minimum absolute atomic E-state index is 0.144. The van der Waals surface area contributed by atoms with Crippen LogP contribution < -0.4 is 10.2 Å². The quantitative estimate of drug-likeness (QED) is 0.867. The Morgan fingerprint density at radius 1 is 1.17 bits per heavy atom. The van der Waals surface area contributed by atoms with Crippen molar-refractivity contribution >= 4 is 11.7 Å². The third-order valence-corrected chi connectivity index (χ3v) is 4.25. The van der Waals surface area contributed by atoms with Crippen molar-refractivity contribution in [2.75, 3.05) is 44.7 Å². The SMILES string of the molecule is CNC(=O)c1cc(CCN2CCN(c3cnccn3)CC2)ccn1. The molecular formula is C17H22N6O. The molecular weight excluding hydrogens is 304 g/mol. The van der Waals surface area contributed by atoms with Crippen LogP contribution in [-0.4, -0.2) is 65.5 Å². The molecule has 0 radical (unpaired) electrons. The van der Waals surface area contributed by atoms with E-state index in [1.165, 1.54) is 0 Å². The van der Waals surface area contributed by atoms with Crippen molar-refractivity contribution < 1.29 is 4.79 Å². The first-order chi connectivity index (χ1) is 11.8. The molecule has 0 saturated carbocycles. The summed E-state index contributed by atoms with van der Waals surface area (Å²) in [7, 11) is 1.62. The van der Waals surface area contributed by atoms with Crippen LogP contribution in [0.3, 0.4) is 0 Å². The molecule has 0 unspecified atom stereocenters. The Morgan fingerprint density at radius 2 is 2.00 bits per heavy atom. The summed E-state index contributed by atoms with van der Waals surface area (Å²) >= 11 is 0. The van der Waals surface area contributed by atoms with Crippen LogP contribution >= 0.6 is 0 Å². The zero-order chi connectivity index (χ0) is 16.8. The maximum Gasteiger partial charge on any atom is 0.269 e. The lowest BCUT2D eigenvalue weighted by Gasteiger charge is -2.35. The largest absolute Gasteiger partial charge is 0.354 e. The second-order valence-electron chi connectivity index (χ2n) is 5.77. The fourth-order valence-electron chi connectivity index (χ4n) is 2.82. The zero-order valence-electron chi connectivity index (χ0n) is 13.9. The third-order valence-electron chi connectivity index (χ3n) is 4.25. The van der Waals surface area contributed by atoms with E-state index >= 15 is 0 Å². The molecule has 3 rings (SSSR count). The Bertz CT molecular complexity index is 670. The van der Waals surface area contributed by atoms with Crippen molar-refractivity contribution in [1.29, 1.82) is 0 Å². The van der Waals surface area contributed by atoms with Gasteiger partial charge < -0.3 is 10.2 Å². The van der Waals surface area contributed by atoms with Gasteiger partial charge in [0, 0.05) is 58.4 Å². The number of nitrogens with zero attached hydrogens (tertiary/aromatic N) is 5. The number of rotatable bonds is 5. The molecule has 0 bridgehead atoms. The summed E-state index contributed by atoms with van der Waals surface area (Å²) in [5.41, 5.74) is 1.61. The van der Waals surface area contributed by atoms with Crippen LogP contribution in [-0.2, 0) is 6.42 Å². The molecule has 1 amide bonds. The topological polar surface area (TPSA) is 74.2 Å². The minimum Gasteiger partial charge on any atom is -0.354 e. The highest BCUT2D eigenvalue weighted by atomic mass is 16.1. The molecule has 0 spiro atoms. The van der Waals surface area contributed by atoms with E-state index in [0.29, 0.717) is 5.69 Å². The number of nitrogens with one attached hydrogen (secondary N) is 1. The average molecular weight is 326 g/mol. The Labute approximate surface area is 141 Å². The van der Waals surface area contributed by atoms with E-state index in [1.54, 1.807) is 25.6 Å². The summed E-state index contributed by atoms with van der Waals surface area (Å²) in [4.78, 5) is 28.9. The highest BCUT2D eigenvalue weighted by Crippen LogP contribution is 2.12. The lowest BCUT2D eigenvalue weighted by atomic mass is 10.1. The number of carbonyl (C=O) groups excluding carboxylic acids is 1. The van der Waals surface area contributed by atoms with E-state index in [-0.39, 0.29) is 5.91 Å². The molecule has 1 aliphatic rings. The monoisotopic (exact) mass is 326 g/mol. The van der Waals surface area contributed by atoms with Gasteiger partial charge in [0.2, 0.25) is 0 Å². The predicted octanol–water partition coefficient (Wildman–Crippen LogP) is 0.596. The summed E-state index contributed by atoms with van der Waals surface area (Å²) in [6, 6.07) is 3.84. The molecule has 24 heavy (non-hydrogen) atoms. The lowest BCUT2D eigenvalue weighted by Crippen LogP contribution is -2.47. The number of amides is 1. The number of hydrogen-bond donors (Lipinski definition) is 1. The van der Waals surface area contributed by atoms with Gasteiger partial charge in [-0.25, -0.2) is 4.98 Å². The molecule has 0 atom stereocenters. The molecule has 3 heterocycles. The van der Waals surface area contributed by atoms with E-state index in [9.17, 15) is 4.79 Å². The molecule has 2 aromatic heterocycles. The Hall–Kier alpha value is -2.54. The second-order valence-corrected chi connectivity index (χ2v) is 5.77. The lowest BCUT2D eigenvalue weighted by molar-refractivity contribution is 0.0958. The van der Waals surface area contributed by atoms with Crippen molar-refractivity contribution in [3.8, 4) is 0 Å². The summed E-state index contributed by atoms with van der Waals surface area (Å²) in [5.74, 6) is 0.802. The molecule has 126 valence electrons. The summed E-state index contributed by atoms with van der Waals surface area (Å²) in [6.07, 6.45) is 7.85. The molecule has 1 saturated heterocycles. The van der Waals surface area contributed by atoms with Crippen molar-refractivity contribution in [1.82, 2.24) is 25.2 Å². The normalized spacial score (nSPS) is 15.3. The van der Waals surface area contributed by atoms with Gasteiger partial charge in [-0.2, -0.15) is 0 Å². The van der Waals surface area contributed by atoms with Gasteiger partial charge in [-0.3, -0.25) is 19.7 Å². The van der Waals surface area contributed by atoms with Crippen molar-refractivity contribution in [3.63, 3.8) is 0 Å². The van der Waals surface area contributed by atoms with Crippen LogP contribution in [0.15, 0.2) is 36.9 Å². The van der Waals surface area contributed by atoms with Gasteiger partial charge in [0.1, 0.15) is 11.5 Å². The van der Waals surface area contributed by atoms with Gasteiger partial charge in [0.25, 0.3) is 5.91 Å². The first-order valence-electron chi connectivity index (χ1n) is 8.16. The fourth-order valence-corrected chi connectivity index (χ4v) is 2.82. The highest BCUT2D eigenvalue weighted by Gasteiger charge is 2.17.